The molecule has 1 N–H and O–H groups in total. The Hall–Kier alpha value is -1.05. The van der Waals surface area contributed by atoms with Crippen molar-refractivity contribution in [1.82, 2.24) is 9.55 Å². The molecule has 0 fully saturated rings. The first-order valence-corrected chi connectivity index (χ1v) is 6.64. The maximum absolute atomic E-state index is 11.7. The lowest BCUT2D eigenvalue weighted by Crippen LogP contribution is -2.30. The van der Waals surface area contributed by atoms with Gasteiger partial charge in [0.2, 0.25) is 0 Å². The summed E-state index contributed by atoms with van der Waals surface area (Å²) < 4.78 is 7.36. The summed E-state index contributed by atoms with van der Waals surface area (Å²) in [6.07, 6.45) is 0. The summed E-state index contributed by atoms with van der Waals surface area (Å²) in [6, 6.07) is 1.77. The zero-order valence-electron chi connectivity index (χ0n) is 9.01. The van der Waals surface area contributed by atoms with Crippen LogP contribution in [0.3, 0.4) is 0 Å². The lowest BCUT2D eigenvalue weighted by molar-refractivity contribution is 0.141. The zero-order valence-corrected chi connectivity index (χ0v) is 10.7. The third-order valence-corrected chi connectivity index (χ3v) is 3.39. The average Bonchev–Trinajstić information content (AvgIpc) is 2.77. The smallest absolute Gasteiger partial charge is 0.328 e. The fourth-order valence-corrected chi connectivity index (χ4v) is 2.48. The van der Waals surface area contributed by atoms with Gasteiger partial charge >= 0.3 is 5.69 Å². The van der Waals surface area contributed by atoms with E-state index in [1.807, 2.05) is 0 Å². The van der Waals surface area contributed by atoms with Crippen molar-refractivity contribution in [2.75, 3.05) is 19.0 Å². The largest absolute Gasteiger partial charge is 0.379 e. The van der Waals surface area contributed by atoms with Gasteiger partial charge in [-0.15, -0.1) is 11.3 Å². The van der Waals surface area contributed by atoms with Gasteiger partial charge < -0.3 is 4.74 Å². The van der Waals surface area contributed by atoms with Crippen molar-refractivity contribution in [2.24, 2.45) is 0 Å². The molecule has 0 aromatic carbocycles. The molecule has 0 bridgehead atoms. The number of ether oxygens (including phenoxy) is 1. The van der Waals surface area contributed by atoms with Crippen LogP contribution in [-0.4, -0.2) is 28.5 Å². The zero-order chi connectivity index (χ0) is 12.3. The Morgan fingerprint density at radius 1 is 1.41 bits per heavy atom. The fourth-order valence-electron chi connectivity index (χ4n) is 1.56. The fraction of sp³-hybridized carbons (Fsp3) is 0.400. The van der Waals surface area contributed by atoms with Crippen molar-refractivity contribution >= 4 is 34.2 Å². The summed E-state index contributed by atoms with van der Waals surface area (Å²) >= 11 is 5.35. The van der Waals surface area contributed by atoms with Crippen LogP contribution in [0.2, 0.25) is 0 Å². The van der Waals surface area contributed by atoms with Gasteiger partial charge in [0, 0.05) is 5.75 Å². The molecule has 0 radical (unpaired) electrons. The maximum atomic E-state index is 11.7. The maximum Gasteiger partial charge on any atom is 0.328 e. The lowest BCUT2D eigenvalue weighted by Gasteiger charge is -2.06. The van der Waals surface area contributed by atoms with Crippen LogP contribution in [0.1, 0.15) is 0 Å². The van der Waals surface area contributed by atoms with Gasteiger partial charge in [0.15, 0.2) is 0 Å². The SMILES string of the molecule is O=c1[nH]c(=O)n(CCOCCS)c2ccsc12. The number of hydrogen-bond donors (Lipinski definition) is 2. The van der Waals surface area contributed by atoms with Crippen LogP contribution in [0.4, 0.5) is 0 Å². The van der Waals surface area contributed by atoms with Crippen LogP contribution < -0.4 is 11.2 Å². The van der Waals surface area contributed by atoms with Crippen molar-refractivity contribution in [3.05, 3.63) is 32.3 Å². The third kappa shape index (κ3) is 2.62. The van der Waals surface area contributed by atoms with Gasteiger partial charge in [-0.2, -0.15) is 12.6 Å². The van der Waals surface area contributed by atoms with Crippen LogP contribution in [0, 0.1) is 0 Å². The van der Waals surface area contributed by atoms with Crippen molar-refractivity contribution in [2.45, 2.75) is 6.54 Å². The Labute approximate surface area is 106 Å². The molecule has 0 saturated carbocycles. The number of thiol groups is 1. The number of rotatable bonds is 5. The van der Waals surface area contributed by atoms with E-state index in [9.17, 15) is 9.59 Å². The normalized spacial score (nSPS) is 11.1. The molecule has 0 atom stereocenters. The standard InChI is InChI=1S/C10H12N2O3S2/c13-9-8-7(1-6-17-8)12(10(14)11-9)2-3-15-4-5-16/h1,6,16H,2-5H2,(H,11,13,14). The minimum atomic E-state index is -0.393. The van der Waals surface area contributed by atoms with Gasteiger partial charge in [0.05, 0.1) is 25.3 Å². The van der Waals surface area contributed by atoms with E-state index in [0.29, 0.717) is 35.7 Å². The van der Waals surface area contributed by atoms with E-state index in [-0.39, 0.29) is 5.56 Å². The van der Waals surface area contributed by atoms with E-state index in [4.69, 9.17) is 4.74 Å². The molecule has 2 aromatic rings. The van der Waals surface area contributed by atoms with Crippen LogP contribution in [0.5, 0.6) is 0 Å². The minimum Gasteiger partial charge on any atom is -0.379 e. The predicted molar refractivity (Wildman–Crippen MR) is 71.4 cm³/mol. The topological polar surface area (TPSA) is 64.1 Å². The van der Waals surface area contributed by atoms with E-state index < -0.39 is 5.69 Å². The second-order valence-electron chi connectivity index (χ2n) is 3.38. The van der Waals surface area contributed by atoms with Gasteiger partial charge in [-0.05, 0) is 11.4 Å². The lowest BCUT2D eigenvalue weighted by atomic mass is 10.4. The molecule has 92 valence electrons. The van der Waals surface area contributed by atoms with Crippen molar-refractivity contribution in [3.8, 4) is 0 Å². The van der Waals surface area contributed by atoms with E-state index in [1.165, 1.54) is 15.9 Å². The molecule has 2 aromatic heterocycles. The predicted octanol–water partition coefficient (Wildman–Crippen LogP) is 0.698. The Balaban J connectivity index is 2.30. The number of aromatic amines is 1. The number of aromatic nitrogens is 2. The van der Waals surface area contributed by atoms with Crippen LogP contribution in [0.15, 0.2) is 21.0 Å². The van der Waals surface area contributed by atoms with Gasteiger partial charge in [-0.3, -0.25) is 14.3 Å². The summed E-state index contributed by atoms with van der Waals surface area (Å²) in [5.74, 6) is 0.647. The molecule has 2 heterocycles. The van der Waals surface area contributed by atoms with Gasteiger partial charge in [-0.25, -0.2) is 4.79 Å². The van der Waals surface area contributed by atoms with Crippen molar-refractivity contribution in [1.29, 1.82) is 0 Å². The van der Waals surface area contributed by atoms with E-state index in [2.05, 4.69) is 17.6 Å². The van der Waals surface area contributed by atoms with Crippen molar-refractivity contribution < 1.29 is 4.74 Å². The highest BCUT2D eigenvalue weighted by molar-refractivity contribution is 7.80. The van der Waals surface area contributed by atoms with Crippen LogP contribution in [0.25, 0.3) is 10.2 Å². The number of nitrogens with one attached hydrogen (secondary N) is 1. The third-order valence-electron chi connectivity index (χ3n) is 2.30. The number of H-pyrrole nitrogens is 1. The number of hydrogen-bond acceptors (Lipinski definition) is 5. The molecule has 0 unspecified atom stereocenters. The monoisotopic (exact) mass is 272 g/mol. The molecule has 0 aliphatic carbocycles. The highest BCUT2D eigenvalue weighted by atomic mass is 32.1. The Kier molecular flexibility index (Phi) is 4.03. The summed E-state index contributed by atoms with van der Waals surface area (Å²) in [5.41, 5.74) is -0.0545. The number of nitrogens with zero attached hydrogens (tertiary/aromatic N) is 1. The van der Waals surface area contributed by atoms with E-state index >= 15 is 0 Å². The first-order valence-electron chi connectivity index (χ1n) is 5.13. The van der Waals surface area contributed by atoms with Gasteiger partial charge in [0.25, 0.3) is 5.56 Å². The highest BCUT2D eigenvalue weighted by Gasteiger charge is 2.07. The van der Waals surface area contributed by atoms with Crippen LogP contribution in [-0.2, 0) is 11.3 Å². The molecule has 17 heavy (non-hydrogen) atoms. The molecule has 0 amide bonds. The molecular formula is C10H12N2O3S2. The average molecular weight is 272 g/mol. The molecule has 0 aliphatic heterocycles. The molecule has 0 spiro atoms. The Morgan fingerprint density at radius 3 is 3.00 bits per heavy atom. The molecule has 7 heteroatoms. The first-order chi connectivity index (χ1) is 8.24. The molecule has 5 nitrogen and oxygen atoms in total. The Bertz CT molecular complexity index is 614. The summed E-state index contributed by atoms with van der Waals surface area (Å²) in [6.45, 7) is 1.40. The molecule has 0 saturated heterocycles. The van der Waals surface area contributed by atoms with E-state index in [1.54, 1.807) is 11.4 Å². The van der Waals surface area contributed by atoms with Crippen molar-refractivity contribution in [3.63, 3.8) is 0 Å². The van der Waals surface area contributed by atoms with Crippen LogP contribution >= 0.6 is 24.0 Å². The second-order valence-corrected chi connectivity index (χ2v) is 4.75. The second kappa shape index (κ2) is 5.52. The number of thiophene rings is 1. The minimum absolute atomic E-state index is 0.326. The quantitative estimate of drug-likeness (QED) is 0.622. The molecule has 2 rings (SSSR count). The molecule has 0 aliphatic rings. The van der Waals surface area contributed by atoms with Gasteiger partial charge in [0.1, 0.15) is 4.70 Å². The first kappa shape index (κ1) is 12.4. The number of fused-ring (bicyclic) bond motifs is 1. The Morgan fingerprint density at radius 2 is 2.24 bits per heavy atom. The summed E-state index contributed by atoms with van der Waals surface area (Å²) in [5, 5.41) is 1.80. The van der Waals surface area contributed by atoms with Gasteiger partial charge in [-0.1, -0.05) is 0 Å². The highest BCUT2D eigenvalue weighted by Crippen LogP contribution is 2.14. The summed E-state index contributed by atoms with van der Waals surface area (Å²) in [7, 11) is 0. The molecular weight excluding hydrogens is 260 g/mol. The summed E-state index contributed by atoms with van der Waals surface area (Å²) in [4.78, 5) is 25.4. The van der Waals surface area contributed by atoms with E-state index in [0.717, 1.165) is 0 Å².